The van der Waals surface area contributed by atoms with Crippen LogP contribution in [0.4, 0.5) is 5.00 Å². The third-order valence-electron chi connectivity index (χ3n) is 3.47. The highest BCUT2D eigenvalue weighted by Gasteiger charge is 2.24. The van der Waals surface area contributed by atoms with Crippen LogP contribution < -0.4 is 5.32 Å². The molecule has 0 aliphatic rings. The minimum Gasteiger partial charge on any atom is -0.312 e. The highest BCUT2D eigenvalue weighted by Crippen LogP contribution is 2.36. The van der Waals surface area contributed by atoms with E-state index in [0.29, 0.717) is 16.1 Å². The molecule has 0 fully saturated rings. The lowest BCUT2D eigenvalue weighted by Crippen LogP contribution is -2.14. The number of rotatable bonds is 2. The number of amides is 1. The third kappa shape index (κ3) is 3.02. The molecule has 110 valence electrons. The summed E-state index contributed by atoms with van der Waals surface area (Å²) in [7, 11) is 0. The number of aryl methyl sites for hydroxylation is 1. The molecule has 0 saturated heterocycles. The Kier molecular flexibility index (Phi) is 4.22. The van der Waals surface area contributed by atoms with E-state index in [0.717, 1.165) is 16.0 Å². The largest absolute Gasteiger partial charge is 0.312 e. The van der Waals surface area contributed by atoms with Gasteiger partial charge in [-0.15, -0.1) is 22.7 Å². The first kappa shape index (κ1) is 15.7. The van der Waals surface area contributed by atoms with Crippen molar-refractivity contribution in [3.8, 4) is 6.07 Å². The molecule has 2 aromatic rings. The second-order valence-corrected chi connectivity index (χ2v) is 7.96. The van der Waals surface area contributed by atoms with Gasteiger partial charge in [0.2, 0.25) is 0 Å². The zero-order chi connectivity index (χ0) is 15.8. The fraction of sp³-hybridized carbons (Fsp3) is 0.375. The minimum absolute atomic E-state index is 0.112. The molecular formula is C16H18N2OS2. The standard InChI is InChI=1S/C16H18N2OS2/c1-9-10(2)20-7-12(9)14(19)18-15-11(6-17)13(8-21-15)16(3,4)5/h7-8H,1-5H3,(H,18,19). The van der Waals surface area contributed by atoms with E-state index >= 15 is 0 Å². The number of nitrogens with zero attached hydrogens (tertiary/aromatic N) is 1. The summed E-state index contributed by atoms with van der Waals surface area (Å²) in [5.41, 5.74) is 3.13. The Morgan fingerprint density at radius 1 is 1.24 bits per heavy atom. The topological polar surface area (TPSA) is 52.9 Å². The van der Waals surface area contributed by atoms with Crippen LogP contribution in [0.5, 0.6) is 0 Å². The number of carbonyl (C=O) groups excluding carboxylic acids is 1. The van der Waals surface area contributed by atoms with Crippen molar-refractivity contribution >= 4 is 33.6 Å². The number of hydrogen-bond acceptors (Lipinski definition) is 4. The van der Waals surface area contributed by atoms with Crippen LogP contribution in [0, 0.1) is 25.2 Å². The van der Waals surface area contributed by atoms with Crippen LogP contribution in [-0.4, -0.2) is 5.91 Å². The van der Waals surface area contributed by atoms with E-state index in [1.54, 1.807) is 11.3 Å². The molecule has 2 heterocycles. The molecule has 1 amide bonds. The normalized spacial score (nSPS) is 11.2. The van der Waals surface area contributed by atoms with Crippen LogP contribution in [0.2, 0.25) is 0 Å². The summed E-state index contributed by atoms with van der Waals surface area (Å²) in [6.07, 6.45) is 0. The van der Waals surface area contributed by atoms with Gasteiger partial charge in [-0.05, 0) is 35.8 Å². The molecule has 2 aromatic heterocycles. The molecular weight excluding hydrogens is 300 g/mol. The number of anilines is 1. The van der Waals surface area contributed by atoms with Gasteiger partial charge in [-0.2, -0.15) is 5.26 Å². The molecule has 0 radical (unpaired) electrons. The van der Waals surface area contributed by atoms with Crippen molar-refractivity contribution in [2.45, 2.75) is 40.0 Å². The van der Waals surface area contributed by atoms with Crippen molar-refractivity contribution in [3.05, 3.63) is 37.9 Å². The van der Waals surface area contributed by atoms with Crippen molar-refractivity contribution in [3.63, 3.8) is 0 Å². The summed E-state index contributed by atoms with van der Waals surface area (Å²) in [5, 5.41) is 16.7. The number of nitriles is 1. The third-order valence-corrected chi connectivity index (χ3v) is 5.38. The molecule has 0 atom stereocenters. The monoisotopic (exact) mass is 318 g/mol. The molecule has 0 saturated carbocycles. The lowest BCUT2D eigenvalue weighted by molar-refractivity contribution is 0.102. The maximum absolute atomic E-state index is 12.4. The lowest BCUT2D eigenvalue weighted by atomic mass is 9.86. The summed E-state index contributed by atoms with van der Waals surface area (Å²) in [6, 6.07) is 2.23. The van der Waals surface area contributed by atoms with Crippen molar-refractivity contribution in [2.75, 3.05) is 5.32 Å². The zero-order valence-corrected chi connectivity index (χ0v) is 14.5. The van der Waals surface area contributed by atoms with Crippen LogP contribution in [0.3, 0.4) is 0 Å². The first-order valence-electron chi connectivity index (χ1n) is 6.63. The van der Waals surface area contributed by atoms with E-state index in [2.05, 4.69) is 32.2 Å². The molecule has 0 aromatic carbocycles. The summed E-state index contributed by atoms with van der Waals surface area (Å²) in [4.78, 5) is 13.5. The Morgan fingerprint density at radius 2 is 1.90 bits per heavy atom. The summed E-state index contributed by atoms with van der Waals surface area (Å²) >= 11 is 2.98. The predicted molar refractivity (Wildman–Crippen MR) is 89.5 cm³/mol. The predicted octanol–water partition coefficient (Wildman–Crippen LogP) is 4.85. The summed E-state index contributed by atoms with van der Waals surface area (Å²) < 4.78 is 0. The minimum atomic E-state index is -0.143. The number of nitrogens with one attached hydrogen (secondary N) is 1. The second-order valence-electron chi connectivity index (χ2n) is 6.00. The Hall–Kier alpha value is -1.64. The average molecular weight is 318 g/mol. The smallest absolute Gasteiger partial charge is 0.257 e. The Labute approximate surface area is 133 Å². The molecule has 0 bridgehead atoms. The van der Waals surface area contributed by atoms with Gasteiger partial charge in [0.05, 0.1) is 11.1 Å². The first-order valence-corrected chi connectivity index (χ1v) is 8.39. The van der Waals surface area contributed by atoms with E-state index in [1.165, 1.54) is 11.3 Å². The molecule has 3 nitrogen and oxygen atoms in total. The molecule has 2 rings (SSSR count). The van der Waals surface area contributed by atoms with Crippen molar-refractivity contribution in [1.82, 2.24) is 0 Å². The molecule has 5 heteroatoms. The SMILES string of the molecule is Cc1scc(C(=O)Nc2scc(C(C)(C)C)c2C#N)c1C. The van der Waals surface area contributed by atoms with E-state index in [9.17, 15) is 10.1 Å². The van der Waals surface area contributed by atoms with Gasteiger partial charge < -0.3 is 5.32 Å². The lowest BCUT2D eigenvalue weighted by Gasteiger charge is -2.17. The fourth-order valence-electron chi connectivity index (χ4n) is 2.02. The molecule has 21 heavy (non-hydrogen) atoms. The fourth-order valence-corrected chi connectivity index (χ4v) is 4.02. The van der Waals surface area contributed by atoms with Gasteiger partial charge >= 0.3 is 0 Å². The van der Waals surface area contributed by atoms with Gasteiger partial charge in [0.1, 0.15) is 11.1 Å². The summed E-state index contributed by atoms with van der Waals surface area (Å²) in [6.45, 7) is 10.1. The number of hydrogen-bond donors (Lipinski definition) is 1. The zero-order valence-electron chi connectivity index (χ0n) is 12.8. The van der Waals surface area contributed by atoms with Gasteiger partial charge in [-0.3, -0.25) is 4.79 Å². The van der Waals surface area contributed by atoms with Crippen molar-refractivity contribution in [2.24, 2.45) is 0 Å². The molecule has 0 aliphatic heterocycles. The van der Waals surface area contributed by atoms with Gasteiger partial charge in [-0.25, -0.2) is 0 Å². The Morgan fingerprint density at radius 3 is 2.38 bits per heavy atom. The van der Waals surface area contributed by atoms with Crippen LogP contribution >= 0.6 is 22.7 Å². The van der Waals surface area contributed by atoms with E-state index in [-0.39, 0.29) is 11.3 Å². The van der Waals surface area contributed by atoms with Crippen LogP contribution in [0.15, 0.2) is 10.8 Å². The maximum atomic E-state index is 12.4. The maximum Gasteiger partial charge on any atom is 0.257 e. The molecule has 0 aliphatic carbocycles. The van der Waals surface area contributed by atoms with Gasteiger partial charge in [0.25, 0.3) is 5.91 Å². The highest BCUT2D eigenvalue weighted by molar-refractivity contribution is 7.14. The van der Waals surface area contributed by atoms with E-state index in [4.69, 9.17) is 0 Å². The molecule has 0 unspecified atom stereocenters. The van der Waals surface area contributed by atoms with Crippen LogP contribution in [0.1, 0.15) is 52.7 Å². The highest BCUT2D eigenvalue weighted by atomic mass is 32.1. The van der Waals surface area contributed by atoms with Gasteiger partial charge in [0, 0.05) is 10.3 Å². The van der Waals surface area contributed by atoms with Crippen LogP contribution in [-0.2, 0) is 5.41 Å². The van der Waals surface area contributed by atoms with Gasteiger partial charge in [-0.1, -0.05) is 20.8 Å². The Balaban J connectivity index is 2.33. The van der Waals surface area contributed by atoms with E-state index in [1.807, 2.05) is 24.6 Å². The second kappa shape index (κ2) is 5.63. The molecule has 0 spiro atoms. The summed E-state index contributed by atoms with van der Waals surface area (Å²) in [5.74, 6) is -0.143. The Bertz CT molecular complexity index is 727. The van der Waals surface area contributed by atoms with Crippen molar-refractivity contribution in [1.29, 1.82) is 5.26 Å². The molecule has 1 N–H and O–H groups in total. The first-order chi connectivity index (χ1) is 9.75. The van der Waals surface area contributed by atoms with Gasteiger partial charge in [0.15, 0.2) is 0 Å². The van der Waals surface area contributed by atoms with Crippen molar-refractivity contribution < 1.29 is 4.79 Å². The average Bonchev–Trinajstić information content (AvgIpc) is 2.94. The number of thiophene rings is 2. The quantitative estimate of drug-likeness (QED) is 0.860. The van der Waals surface area contributed by atoms with E-state index < -0.39 is 0 Å². The van der Waals surface area contributed by atoms with Crippen LogP contribution in [0.25, 0.3) is 0 Å². The number of carbonyl (C=O) groups is 1.